The summed E-state index contributed by atoms with van der Waals surface area (Å²) in [5.41, 5.74) is 0.499. The van der Waals surface area contributed by atoms with Gasteiger partial charge in [0.1, 0.15) is 5.82 Å². The molecule has 2 rings (SSSR count). The van der Waals surface area contributed by atoms with Crippen molar-refractivity contribution in [1.29, 1.82) is 0 Å². The third-order valence-electron chi connectivity index (χ3n) is 2.07. The number of hydrogen-bond donors (Lipinski definition) is 1. The highest BCUT2D eigenvalue weighted by Gasteiger charge is 2.15. The van der Waals surface area contributed by atoms with Gasteiger partial charge in [-0.2, -0.15) is 0 Å². The number of benzene rings is 1. The lowest BCUT2D eigenvalue weighted by atomic mass is 10.1. The molecule has 1 aromatic heterocycles. The van der Waals surface area contributed by atoms with Crippen LogP contribution in [0, 0.1) is 5.82 Å². The zero-order valence-electron chi connectivity index (χ0n) is 7.91. The van der Waals surface area contributed by atoms with E-state index in [9.17, 15) is 9.18 Å². The summed E-state index contributed by atoms with van der Waals surface area (Å²) >= 11 is 4.67. The normalized spacial score (nSPS) is 10.4. The Morgan fingerprint density at radius 2 is 2.12 bits per heavy atom. The van der Waals surface area contributed by atoms with E-state index in [0.717, 1.165) is 15.4 Å². The Morgan fingerprint density at radius 1 is 1.38 bits per heavy atom. The predicted octanol–water partition coefficient (Wildman–Crippen LogP) is 4.01. The molecule has 0 spiro atoms. The van der Waals surface area contributed by atoms with Gasteiger partial charge in [-0.25, -0.2) is 9.18 Å². The Balaban J connectivity index is 2.67. The first-order chi connectivity index (χ1) is 7.59. The molecule has 16 heavy (non-hydrogen) atoms. The molecule has 0 aliphatic carbocycles. The minimum Gasteiger partial charge on any atom is -0.478 e. The Labute approximate surface area is 103 Å². The van der Waals surface area contributed by atoms with E-state index in [0.29, 0.717) is 5.56 Å². The molecular weight excluding hydrogens is 295 g/mol. The molecule has 1 N–H and O–H groups in total. The molecule has 2 nitrogen and oxygen atoms in total. The molecule has 1 aromatic carbocycles. The number of halogens is 2. The van der Waals surface area contributed by atoms with Crippen molar-refractivity contribution < 1.29 is 14.3 Å². The molecule has 0 atom stereocenters. The van der Waals surface area contributed by atoms with E-state index in [1.165, 1.54) is 23.5 Å². The third-order valence-corrected chi connectivity index (χ3v) is 3.94. The number of rotatable bonds is 2. The second kappa shape index (κ2) is 4.35. The number of thiophene rings is 1. The van der Waals surface area contributed by atoms with Crippen molar-refractivity contribution in [1.82, 2.24) is 0 Å². The van der Waals surface area contributed by atoms with Crippen LogP contribution < -0.4 is 0 Å². The predicted molar refractivity (Wildman–Crippen MR) is 64.4 cm³/mol. The minimum absolute atomic E-state index is 0.101. The smallest absolute Gasteiger partial charge is 0.336 e. The van der Waals surface area contributed by atoms with Crippen LogP contribution in [-0.4, -0.2) is 11.1 Å². The number of hydrogen-bond acceptors (Lipinski definition) is 2. The minimum atomic E-state index is -1.06. The quantitative estimate of drug-likeness (QED) is 0.910. The molecule has 0 aliphatic heterocycles. The second-order valence-corrected chi connectivity index (χ2v) is 4.86. The zero-order chi connectivity index (χ0) is 11.7. The van der Waals surface area contributed by atoms with E-state index in [4.69, 9.17) is 5.11 Å². The lowest BCUT2D eigenvalue weighted by molar-refractivity contribution is 0.0697. The maximum absolute atomic E-state index is 13.1. The standard InChI is InChI=1S/C11H6BrFO2S/c12-9-3-4-16-10(9)8-5-6(13)1-2-7(8)11(14)15/h1-5H,(H,14,15). The summed E-state index contributed by atoms with van der Waals surface area (Å²) in [7, 11) is 0. The number of carboxylic acids is 1. The van der Waals surface area contributed by atoms with Crippen molar-refractivity contribution in [3.8, 4) is 10.4 Å². The monoisotopic (exact) mass is 300 g/mol. The van der Waals surface area contributed by atoms with Crippen LogP contribution in [0.2, 0.25) is 0 Å². The summed E-state index contributed by atoms with van der Waals surface area (Å²) < 4.78 is 13.9. The van der Waals surface area contributed by atoms with Crippen LogP contribution in [0.15, 0.2) is 34.1 Å². The average molecular weight is 301 g/mol. The van der Waals surface area contributed by atoms with Crippen LogP contribution >= 0.6 is 27.3 Å². The molecule has 5 heteroatoms. The highest BCUT2D eigenvalue weighted by molar-refractivity contribution is 9.10. The Morgan fingerprint density at radius 3 is 2.69 bits per heavy atom. The number of carboxylic acid groups (broad SMARTS) is 1. The van der Waals surface area contributed by atoms with Crippen LogP contribution in [0.4, 0.5) is 4.39 Å². The zero-order valence-corrected chi connectivity index (χ0v) is 10.3. The van der Waals surface area contributed by atoms with Gasteiger partial charge in [-0.15, -0.1) is 11.3 Å². The molecule has 0 radical (unpaired) electrons. The Bertz CT molecular complexity index is 551. The van der Waals surface area contributed by atoms with Gasteiger partial charge in [-0.3, -0.25) is 0 Å². The van der Waals surface area contributed by atoms with E-state index < -0.39 is 11.8 Å². The number of carbonyl (C=O) groups is 1. The average Bonchev–Trinajstić information content (AvgIpc) is 2.63. The van der Waals surface area contributed by atoms with Gasteiger partial charge in [0.25, 0.3) is 0 Å². The first-order valence-corrected chi connectivity index (χ1v) is 6.03. The molecule has 82 valence electrons. The maximum atomic E-state index is 13.1. The molecule has 0 fully saturated rings. The van der Waals surface area contributed by atoms with Crippen molar-refractivity contribution in [2.45, 2.75) is 0 Å². The maximum Gasteiger partial charge on any atom is 0.336 e. The number of aromatic carboxylic acids is 1. The molecule has 0 saturated heterocycles. The fraction of sp³-hybridized carbons (Fsp3) is 0. The molecule has 0 saturated carbocycles. The van der Waals surface area contributed by atoms with Gasteiger partial charge in [0.05, 0.1) is 5.56 Å². The van der Waals surface area contributed by atoms with E-state index in [1.807, 2.05) is 5.38 Å². The van der Waals surface area contributed by atoms with Crippen molar-refractivity contribution in [2.75, 3.05) is 0 Å². The van der Waals surface area contributed by atoms with E-state index in [-0.39, 0.29) is 5.56 Å². The summed E-state index contributed by atoms with van der Waals surface area (Å²) in [6.45, 7) is 0. The van der Waals surface area contributed by atoms with Gasteiger partial charge >= 0.3 is 5.97 Å². The van der Waals surface area contributed by atoms with Crippen molar-refractivity contribution >= 4 is 33.2 Å². The van der Waals surface area contributed by atoms with Crippen molar-refractivity contribution in [3.05, 3.63) is 45.5 Å². The molecule has 0 bridgehead atoms. The van der Waals surface area contributed by atoms with Gasteiger partial charge < -0.3 is 5.11 Å². The summed E-state index contributed by atoms with van der Waals surface area (Å²) in [6.07, 6.45) is 0. The molecule has 0 amide bonds. The fourth-order valence-electron chi connectivity index (χ4n) is 1.38. The summed E-state index contributed by atoms with van der Waals surface area (Å²) in [5.74, 6) is -1.50. The van der Waals surface area contributed by atoms with Gasteiger partial charge in [-0.1, -0.05) is 0 Å². The SMILES string of the molecule is O=C(O)c1ccc(F)cc1-c1sccc1Br. The van der Waals surface area contributed by atoms with E-state index >= 15 is 0 Å². The topological polar surface area (TPSA) is 37.3 Å². The van der Waals surface area contributed by atoms with E-state index in [1.54, 1.807) is 6.07 Å². The highest BCUT2D eigenvalue weighted by Crippen LogP contribution is 2.35. The largest absolute Gasteiger partial charge is 0.478 e. The van der Waals surface area contributed by atoms with Crippen LogP contribution in [0.1, 0.15) is 10.4 Å². The lowest BCUT2D eigenvalue weighted by Crippen LogP contribution is -1.99. The summed E-state index contributed by atoms with van der Waals surface area (Å²) in [5, 5.41) is 10.8. The van der Waals surface area contributed by atoms with Crippen LogP contribution in [0.5, 0.6) is 0 Å². The third kappa shape index (κ3) is 2.01. The van der Waals surface area contributed by atoms with Crippen LogP contribution in [-0.2, 0) is 0 Å². The molecule has 0 unspecified atom stereocenters. The lowest BCUT2D eigenvalue weighted by Gasteiger charge is -2.04. The summed E-state index contributed by atoms with van der Waals surface area (Å²) in [6, 6.07) is 5.46. The van der Waals surface area contributed by atoms with Crippen LogP contribution in [0.25, 0.3) is 10.4 Å². The van der Waals surface area contributed by atoms with Crippen LogP contribution in [0.3, 0.4) is 0 Å². The first kappa shape index (κ1) is 11.3. The molecular formula is C11H6BrFO2S. The van der Waals surface area contributed by atoms with E-state index in [2.05, 4.69) is 15.9 Å². The van der Waals surface area contributed by atoms with Gasteiger partial charge in [-0.05, 0) is 45.6 Å². The molecule has 1 heterocycles. The van der Waals surface area contributed by atoms with Crippen molar-refractivity contribution in [2.24, 2.45) is 0 Å². The summed E-state index contributed by atoms with van der Waals surface area (Å²) in [4.78, 5) is 11.7. The second-order valence-electron chi connectivity index (χ2n) is 3.09. The van der Waals surface area contributed by atoms with Crippen molar-refractivity contribution in [3.63, 3.8) is 0 Å². The van der Waals surface area contributed by atoms with Gasteiger partial charge in [0.2, 0.25) is 0 Å². The molecule has 0 aliphatic rings. The molecule has 2 aromatic rings. The fourth-order valence-corrected chi connectivity index (χ4v) is 2.99. The Kier molecular flexibility index (Phi) is 3.07. The van der Waals surface area contributed by atoms with Gasteiger partial charge in [0.15, 0.2) is 0 Å². The van der Waals surface area contributed by atoms with Gasteiger partial charge in [0, 0.05) is 14.9 Å². The first-order valence-electron chi connectivity index (χ1n) is 4.36. The Hall–Kier alpha value is -1.20. The highest BCUT2D eigenvalue weighted by atomic mass is 79.9.